The average Bonchev–Trinajstić information content (AvgIpc) is 2.63. The lowest BCUT2D eigenvalue weighted by atomic mass is 9.99. The number of nitrogens with one attached hydrogen (secondary N) is 3. The molecule has 0 aromatic heterocycles. The predicted octanol–water partition coefficient (Wildman–Crippen LogP) is 3.38. The first-order chi connectivity index (χ1) is 13.4. The van der Waals surface area contributed by atoms with Gasteiger partial charge < -0.3 is 16.0 Å². The summed E-state index contributed by atoms with van der Waals surface area (Å²) >= 11 is 0. The van der Waals surface area contributed by atoms with Crippen LogP contribution in [0.15, 0.2) is 30.3 Å². The summed E-state index contributed by atoms with van der Waals surface area (Å²) in [5, 5.41) is 7.96. The number of carbonyl (C=O) groups excluding carboxylic acids is 2. The van der Waals surface area contributed by atoms with E-state index in [0.29, 0.717) is 25.1 Å². The Bertz CT molecular complexity index is 904. The second-order valence-corrected chi connectivity index (χ2v) is 6.63. The summed E-state index contributed by atoms with van der Waals surface area (Å²) in [5.41, 5.74) is 0.951. The van der Waals surface area contributed by atoms with Gasteiger partial charge in [0.05, 0.1) is 18.2 Å². The molecule has 156 valence electrons. The van der Waals surface area contributed by atoms with Crippen LogP contribution in [0.25, 0.3) is 0 Å². The van der Waals surface area contributed by atoms with Gasteiger partial charge in [-0.05, 0) is 42.3 Å². The number of fused-ring (bicyclic) bond motifs is 1. The van der Waals surface area contributed by atoms with Crippen LogP contribution < -0.4 is 16.0 Å². The molecule has 0 saturated carbocycles. The van der Waals surface area contributed by atoms with Crippen molar-refractivity contribution in [2.45, 2.75) is 32.4 Å². The number of hydrogen-bond donors (Lipinski definition) is 3. The summed E-state index contributed by atoms with van der Waals surface area (Å²) < 4.78 is 42.9. The molecule has 0 bridgehead atoms. The molecule has 9 heteroatoms. The van der Waals surface area contributed by atoms with Crippen LogP contribution in [0.5, 0.6) is 0 Å². The minimum Gasteiger partial charge on any atom is -0.349 e. The highest BCUT2D eigenvalue weighted by atomic mass is 35.5. The van der Waals surface area contributed by atoms with Crippen LogP contribution in [0.2, 0.25) is 0 Å². The molecule has 5 nitrogen and oxygen atoms in total. The summed E-state index contributed by atoms with van der Waals surface area (Å²) in [6, 6.07) is 5.24. The molecular weight excluding hydrogens is 407 g/mol. The van der Waals surface area contributed by atoms with Crippen molar-refractivity contribution in [1.29, 1.82) is 0 Å². The number of rotatable bonds is 5. The smallest absolute Gasteiger partial charge is 0.226 e. The molecule has 0 fully saturated rings. The fourth-order valence-electron chi connectivity index (χ4n) is 3.33. The molecule has 1 aliphatic heterocycles. The van der Waals surface area contributed by atoms with Crippen molar-refractivity contribution in [1.82, 2.24) is 10.6 Å². The Morgan fingerprint density at radius 3 is 2.48 bits per heavy atom. The molecule has 0 radical (unpaired) electrons. The number of halogens is 4. The quantitative estimate of drug-likeness (QED) is 0.685. The highest BCUT2D eigenvalue weighted by Gasteiger charge is 2.25. The van der Waals surface area contributed by atoms with Crippen LogP contribution in [-0.4, -0.2) is 18.4 Å². The third kappa shape index (κ3) is 5.27. The van der Waals surface area contributed by atoms with Crippen molar-refractivity contribution in [2.24, 2.45) is 0 Å². The fourth-order valence-corrected chi connectivity index (χ4v) is 3.33. The molecule has 0 spiro atoms. The van der Waals surface area contributed by atoms with Gasteiger partial charge in [0.2, 0.25) is 11.8 Å². The zero-order valence-corrected chi connectivity index (χ0v) is 16.5. The van der Waals surface area contributed by atoms with Gasteiger partial charge in [0, 0.05) is 19.0 Å². The molecule has 2 aromatic carbocycles. The Hall–Kier alpha value is -2.58. The normalized spacial score (nSPS) is 13.7. The summed E-state index contributed by atoms with van der Waals surface area (Å²) in [4.78, 5) is 23.9. The monoisotopic (exact) mass is 427 g/mol. The topological polar surface area (TPSA) is 70.2 Å². The molecular formula is C20H21ClF3N3O2. The van der Waals surface area contributed by atoms with Gasteiger partial charge in [-0.1, -0.05) is 12.1 Å². The van der Waals surface area contributed by atoms with Gasteiger partial charge in [0.1, 0.15) is 17.5 Å². The Morgan fingerprint density at radius 2 is 1.83 bits per heavy atom. The highest BCUT2D eigenvalue weighted by Crippen LogP contribution is 2.27. The van der Waals surface area contributed by atoms with E-state index in [2.05, 4.69) is 16.0 Å². The zero-order valence-electron chi connectivity index (χ0n) is 15.7. The third-order valence-electron chi connectivity index (χ3n) is 4.60. The molecule has 3 N–H and O–H groups in total. The Labute approximate surface area is 172 Å². The van der Waals surface area contributed by atoms with Crippen molar-refractivity contribution in [3.63, 3.8) is 0 Å². The van der Waals surface area contributed by atoms with Gasteiger partial charge >= 0.3 is 0 Å². The van der Waals surface area contributed by atoms with E-state index in [1.807, 2.05) is 0 Å². The van der Waals surface area contributed by atoms with Crippen LogP contribution in [0, 0.1) is 17.5 Å². The fraction of sp³-hybridized carbons (Fsp3) is 0.300. The minimum atomic E-state index is -1.22. The number of anilines is 1. The van der Waals surface area contributed by atoms with Crippen LogP contribution in [0.4, 0.5) is 18.9 Å². The standard InChI is InChI=1S/C20H20F3N3O2.ClH/c1-11(27)25-17(19-14(21)3-2-4-15(19)22)9-18(28)26-16-6-5-12-10-24-8-7-13(12)20(16)23;/h2-6,17,24H,7-10H2,1H3,(H,25,27)(H,26,28);1H. The van der Waals surface area contributed by atoms with E-state index in [0.717, 1.165) is 17.7 Å². The first kappa shape index (κ1) is 22.7. The van der Waals surface area contributed by atoms with E-state index in [9.17, 15) is 22.8 Å². The zero-order chi connectivity index (χ0) is 20.3. The van der Waals surface area contributed by atoms with E-state index in [-0.39, 0.29) is 18.1 Å². The van der Waals surface area contributed by atoms with Gasteiger partial charge in [-0.15, -0.1) is 12.4 Å². The lowest BCUT2D eigenvalue weighted by Crippen LogP contribution is -2.31. The third-order valence-corrected chi connectivity index (χ3v) is 4.60. The maximum atomic E-state index is 14.7. The molecule has 1 atom stereocenters. The predicted molar refractivity (Wildman–Crippen MR) is 105 cm³/mol. The molecule has 29 heavy (non-hydrogen) atoms. The van der Waals surface area contributed by atoms with Gasteiger partial charge in [0.25, 0.3) is 0 Å². The van der Waals surface area contributed by atoms with E-state index < -0.39 is 47.3 Å². The summed E-state index contributed by atoms with van der Waals surface area (Å²) in [6.45, 7) is 2.37. The summed E-state index contributed by atoms with van der Waals surface area (Å²) in [5.74, 6) is -3.49. The number of carbonyl (C=O) groups is 2. The SMILES string of the molecule is CC(=O)NC(CC(=O)Nc1ccc2c(c1F)CCNC2)c1c(F)cccc1F.Cl. The second kappa shape index (κ2) is 9.76. The largest absolute Gasteiger partial charge is 0.349 e. The van der Waals surface area contributed by atoms with Gasteiger partial charge in [0.15, 0.2) is 0 Å². The first-order valence-corrected chi connectivity index (χ1v) is 8.88. The van der Waals surface area contributed by atoms with Crippen LogP contribution in [-0.2, 0) is 22.6 Å². The van der Waals surface area contributed by atoms with Crippen molar-refractivity contribution in [3.05, 3.63) is 64.5 Å². The van der Waals surface area contributed by atoms with Gasteiger partial charge in [-0.25, -0.2) is 13.2 Å². The molecule has 1 unspecified atom stereocenters. The minimum absolute atomic E-state index is 0. The molecule has 2 amide bonds. The van der Waals surface area contributed by atoms with E-state index in [1.165, 1.54) is 19.1 Å². The molecule has 1 aliphatic rings. The van der Waals surface area contributed by atoms with Crippen LogP contribution in [0.3, 0.4) is 0 Å². The summed E-state index contributed by atoms with van der Waals surface area (Å²) in [7, 11) is 0. The average molecular weight is 428 g/mol. The van der Waals surface area contributed by atoms with Gasteiger partial charge in [-0.3, -0.25) is 9.59 Å². The molecule has 0 aliphatic carbocycles. The maximum absolute atomic E-state index is 14.7. The maximum Gasteiger partial charge on any atom is 0.226 e. The van der Waals surface area contributed by atoms with Crippen LogP contribution >= 0.6 is 12.4 Å². The van der Waals surface area contributed by atoms with Crippen LogP contribution in [0.1, 0.15) is 36.1 Å². The Kier molecular flexibility index (Phi) is 7.64. The molecule has 2 aromatic rings. The number of amides is 2. The Morgan fingerprint density at radius 1 is 1.14 bits per heavy atom. The summed E-state index contributed by atoms with van der Waals surface area (Å²) in [6.07, 6.45) is 0.0509. The number of hydrogen-bond acceptors (Lipinski definition) is 3. The van der Waals surface area contributed by atoms with E-state index in [1.54, 1.807) is 6.07 Å². The van der Waals surface area contributed by atoms with Gasteiger partial charge in [-0.2, -0.15) is 0 Å². The first-order valence-electron chi connectivity index (χ1n) is 8.88. The van der Waals surface area contributed by atoms with Crippen molar-refractivity contribution >= 4 is 29.9 Å². The lowest BCUT2D eigenvalue weighted by molar-refractivity contribution is -0.120. The van der Waals surface area contributed by atoms with Crippen molar-refractivity contribution in [3.8, 4) is 0 Å². The van der Waals surface area contributed by atoms with Crippen molar-refractivity contribution in [2.75, 3.05) is 11.9 Å². The Balaban J connectivity index is 0.00000300. The molecule has 1 heterocycles. The lowest BCUT2D eigenvalue weighted by Gasteiger charge is -2.21. The van der Waals surface area contributed by atoms with E-state index in [4.69, 9.17) is 0 Å². The van der Waals surface area contributed by atoms with E-state index >= 15 is 0 Å². The second-order valence-electron chi connectivity index (χ2n) is 6.63. The number of benzene rings is 2. The van der Waals surface area contributed by atoms with Crippen molar-refractivity contribution < 1.29 is 22.8 Å². The molecule has 3 rings (SSSR count). The molecule has 0 saturated heterocycles. The highest BCUT2D eigenvalue weighted by molar-refractivity contribution is 5.92.